The molecule has 6 heteroatoms. The van der Waals surface area contributed by atoms with Gasteiger partial charge in [-0.3, -0.25) is 9.59 Å². The quantitative estimate of drug-likeness (QED) is 0.0321. The second-order valence-electron chi connectivity index (χ2n) is 21.4. The minimum Gasteiger partial charge on any atom is -0.466 e. The maximum absolute atomic E-state index is 12.5. The molecule has 0 aliphatic heterocycles. The molecule has 0 saturated carbocycles. The molecule has 0 bridgehead atoms. The highest BCUT2D eigenvalue weighted by Gasteiger charge is 2.18. The van der Waals surface area contributed by atoms with Crippen LogP contribution >= 0.6 is 0 Å². The van der Waals surface area contributed by atoms with E-state index in [0.717, 1.165) is 44.9 Å². The molecule has 0 aromatic heterocycles. The number of carbonyl (C=O) groups excluding carboxylic acids is 2. The number of nitrogens with one attached hydrogen (secondary N) is 1. The second-order valence-corrected chi connectivity index (χ2v) is 21.4. The van der Waals surface area contributed by atoms with Gasteiger partial charge in [-0.15, -0.1) is 0 Å². The van der Waals surface area contributed by atoms with Crippen molar-refractivity contribution in [3.05, 3.63) is 24.3 Å². The van der Waals surface area contributed by atoms with E-state index < -0.39 is 12.1 Å². The number of rotatable bonds is 58. The average Bonchev–Trinajstić information content (AvgIpc) is 3.35. The van der Waals surface area contributed by atoms with Crippen molar-refractivity contribution in [3.63, 3.8) is 0 Å². The molecule has 0 aliphatic rings. The first-order valence-corrected chi connectivity index (χ1v) is 31.1. The first-order valence-electron chi connectivity index (χ1n) is 31.1. The molecule has 69 heavy (non-hydrogen) atoms. The molecule has 0 aromatic rings. The smallest absolute Gasteiger partial charge is 0.305 e. The third-order valence-electron chi connectivity index (χ3n) is 14.5. The number of aliphatic hydroxyl groups is 2. The number of aliphatic hydroxyl groups excluding tert-OH is 2. The van der Waals surface area contributed by atoms with Gasteiger partial charge in [-0.2, -0.15) is 0 Å². The van der Waals surface area contributed by atoms with Gasteiger partial charge in [-0.1, -0.05) is 295 Å². The maximum Gasteiger partial charge on any atom is 0.305 e. The van der Waals surface area contributed by atoms with Gasteiger partial charge in [0, 0.05) is 12.8 Å². The summed E-state index contributed by atoms with van der Waals surface area (Å²) in [7, 11) is 0. The highest BCUT2D eigenvalue weighted by molar-refractivity contribution is 5.76. The van der Waals surface area contributed by atoms with Crippen LogP contribution in [0.3, 0.4) is 0 Å². The summed E-state index contributed by atoms with van der Waals surface area (Å²) in [6.07, 6.45) is 72.1. The number of esters is 1. The zero-order valence-corrected chi connectivity index (χ0v) is 46.6. The van der Waals surface area contributed by atoms with Gasteiger partial charge in [0.2, 0.25) is 5.91 Å². The van der Waals surface area contributed by atoms with E-state index in [0.29, 0.717) is 19.4 Å². The highest BCUT2D eigenvalue weighted by Crippen LogP contribution is 2.18. The predicted octanol–water partition coefficient (Wildman–Crippen LogP) is 19.4. The Kier molecular flexibility index (Phi) is 57.5. The summed E-state index contributed by atoms with van der Waals surface area (Å²) in [5, 5.41) is 23.2. The molecule has 408 valence electrons. The Hall–Kier alpha value is -1.66. The summed E-state index contributed by atoms with van der Waals surface area (Å²) in [6, 6.07) is -0.634. The Bertz CT molecular complexity index is 1080. The van der Waals surface area contributed by atoms with Crippen LogP contribution in [0, 0.1) is 0 Å². The standard InChI is InChI=1S/C63H121NO5/c1-3-5-7-9-11-13-15-17-18-19-20-21-22-23-24-25-26-29-32-35-39-43-47-51-55-61(66)60(59-65)64-62(67)56-52-48-44-40-36-33-30-27-28-31-34-38-42-46-50-54-58-69-63(68)57-53-49-45-41-37-16-14-12-10-8-6-4-2/h12,14,51,55,60-61,65-66H,3-11,13,15-50,52-54,56-59H2,1-2H3,(H,64,67)/b14-12-,55-51+. The lowest BCUT2D eigenvalue weighted by Gasteiger charge is -2.20. The Morgan fingerprint density at radius 2 is 0.681 bits per heavy atom. The van der Waals surface area contributed by atoms with Crippen LogP contribution in [-0.2, 0) is 14.3 Å². The van der Waals surface area contributed by atoms with E-state index in [4.69, 9.17) is 4.74 Å². The number of ether oxygens (including phenoxy) is 1. The SMILES string of the molecule is CCCCC/C=C\CCCCCCCC(=O)OCCCCCCCCCCCCCCCCCCC(=O)NC(CO)C(O)/C=C/CCCCCCCCCCCCCCCCCCCCCCCC. The molecule has 0 heterocycles. The van der Waals surface area contributed by atoms with Gasteiger partial charge in [-0.25, -0.2) is 0 Å². The second kappa shape index (κ2) is 58.9. The van der Waals surface area contributed by atoms with E-state index >= 15 is 0 Å². The average molecular weight is 973 g/mol. The third kappa shape index (κ3) is 55.5. The van der Waals surface area contributed by atoms with E-state index in [1.54, 1.807) is 6.08 Å². The summed E-state index contributed by atoms with van der Waals surface area (Å²) in [4.78, 5) is 24.5. The first-order chi connectivity index (χ1) is 34.0. The number of allylic oxidation sites excluding steroid dienone is 3. The molecule has 0 rings (SSSR count). The van der Waals surface area contributed by atoms with E-state index in [1.165, 1.54) is 270 Å². The van der Waals surface area contributed by atoms with Gasteiger partial charge >= 0.3 is 5.97 Å². The van der Waals surface area contributed by atoms with Gasteiger partial charge in [0.25, 0.3) is 0 Å². The molecule has 3 N–H and O–H groups in total. The monoisotopic (exact) mass is 972 g/mol. The lowest BCUT2D eigenvalue weighted by molar-refractivity contribution is -0.143. The molecule has 0 fully saturated rings. The summed E-state index contributed by atoms with van der Waals surface area (Å²) in [5.41, 5.74) is 0. The molecule has 2 atom stereocenters. The third-order valence-corrected chi connectivity index (χ3v) is 14.5. The first kappa shape index (κ1) is 67.3. The molecule has 0 spiro atoms. The summed E-state index contributed by atoms with van der Waals surface area (Å²) in [5.74, 6) is -0.0789. The van der Waals surface area contributed by atoms with E-state index in [-0.39, 0.29) is 18.5 Å². The molecule has 0 aromatic carbocycles. The Morgan fingerprint density at radius 3 is 1.06 bits per heavy atom. The summed E-state index contributed by atoms with van der Waals surface area (Å²) < 4.78 is 5.46. The van der Waals surface area contributed by atoms with E-state index in [9.17, 15) is 19.8 Å². The Labute approximate surface area is 431 Å². The molecule has 6 nitrogen and oxygen atoms in total. The number of unbranched alkanes of at least 4 members (excludes halogenated alkanes) is 45. The van der Waals surface area contributed by atoms with Crippen molar-refractivity contribution in [2.24, 2.45) is 0 Å². The minimum absolute atomic E-state index is 0.00731. The van der Waals surface area contributed by atoms with Gasteiger partial charge in [-0.05, 0) is 57.8 Å². The van der Waals surface area contributed by atoms with Crippen molar-refractivity contribution >= 4 is 11.9 Å². The number of carbonyl (C=O) groups is 2. The van der Waals surface area contributed by atoms with Gasteiger partial charge < -0.3 is 20.3 Å². The van der Waals surface area contributed by atoms with Crippen LogP contribution in [0.15, 0.2) is 24.3 Å². The largest absolute Gasteiger partial charge is 0.466 e. The number of hydrogen-bond donors (Lipinski definition) is 3. The van der Waals surface area contributed by atoms with Crippen molar-refractivity contribution in [3.8, 4) is 0 Å². The Morgan fingerprint density at radius 1 is 0.391 bits per heavy atom. The molecule has 0 radical (unpaired) electrons. The van der Waals surface area contributed by atoms with Gasteiger partial charge in [0.05, 0.1) is 25.4 Å². The van der Waals surface area contributed by atoms with E-state index in [2.05, 4.69) is 31.3 Å². The fraction of sp³-hybridized carbons (Fsp3) is 0.905. The van der Waals surface area contributed by atoms with Crippen LogP contribution in [0.4, 0.5) is 0 Å². The molecule has 2 unspecified atom stereocenters. The van der Waals surface area contributed by atoms with Crippen molar-refractivity contribution in [1.82, 2.24) is 5.32 Å². The molecular formula is C63H121NO5. The van der Waals surface area contributed by atoms with E-state index in [1.807, 2.05) is 6.08 Å². The van der Waals surface area contributed by atoms with Crippen LogP contribution in [0.2, 0.25) is 0 Å². The topological polar surface area (TPSA) is 95.9 Å². The zero-order valence-electron chi connectivity index (χ0n) is 46.6. The predicted molar refractivity (Wildman–Crippen MR) is 301 cm³/mol. The van der Waals surface area contributed by atoms with Crippen molar-refractivity contribution in [2.45, 2.75) is 353 Å². The normalized spacial score (nSPS) is 12.7. The van der Waals surface area contributed by atoms with Crippen LogP contribution in [-0.4, -0.2) is 47.4 Å². The van der Waals surface area contributed by atoms with Crippen LogP contribution in [0.5, 0.6) is 0 Å². The van der Waals surface area contributed by atoms with Crippen LogP contribution < -0.4 is 5.32 Å². The molecular weight excluding hydrogens is 851 g/mol. The summed E-state index contributed by atoms with van der Waals surface area (Å²) in [6.45, 7) is 4.89. The number of amides is 1. The minimum atomic E-state index is -0.850. The Balaban J connectivity index is 3.46. The molecule has 0 saturated heterocycles. The lowest BCUT2D eigenvalue weighted by Crippen LogP contribution is -2.45. The maximum atomic E-state index is 12.5. The number of hydrogen-bond acceptors (Lipinski definition) is 5. The molecule has 0 aliphatic carbocycles. The summed E-state index contributed by atoms with van der Waals surface area (Å²) >= 11 is 0. The fourth-order valence-electron chi connectivity index (χ4n) is 9.69. The zero-order chi connectivity index (χ0) is 50.0. The fourth-order valence-corrected chi connectivity index (χ4v) is 9.69. The van der Waals surface area contributed by atoms with Crippen molar-refractivity contribution in [2.75, 3.05) is 13.2 Å². The van der Waals surface area contributed by atoms with Gasteiger partial charge in [0.1, 0.15) is 0 Å². The highest BCUT2D eigenvalue weighted by atomic mass is 16.5. The van der Waals surface area contributed by atoms with Gasteiger partial charge in [0.15, 0.2) is 0 Å². The van der Waals surface area contributed by atoms with Crippen molar-refractivity contribution in [1.29, 1.82) is 0 Å². The van der Waals surface area contributed by atoms with Crippen molar-refractivity contribution < 1.29 is 24.5 Å². The van der Waals surface area contributed by atoms with Crippen LogP contribution in [0.1, 0.15) is 341 Å². The lowest BCUT2D eigenvalue weighted by atomic mass is 10.0. The van der Waals surface area contributed by atoms with Crippen LogP contribution in [0.25, 0.3) is 0 Å². The molecule has 1 amide bonds.